The molecule has 0 spiro atoms. The van der Waals surface area contributed by atoms with Gasteiger partial charge in [0, 0.05) is 17.5 Å². The standard InChI is InChI=1S/C17H21NS2/c1-12(2)8-7-11-18-15(19)13-9-5-6-10-14(13)17(3,4)16(18)20/h5-6,9-10H,1,7-8,11H2,2-4H3. The second-order valence-electron chi connectivity index (χ2n) is 5.99. The van der Waals surface area contributed by atoms with E-state index in [1.807, 2.05) is 6.07 Å². The average molecular weight is 303 g/mol. The van der Waals surface area contributed by atoms with Gasteiger partial charge in [-0.25, -0.2) is 0 Å². The maximum Gasteiger partial charge on any atom is 0.114 e. The summed E-state index contributed by atoms with van der Waals surface area (Å²) in [5, 5.41) is 0. The smallest absolute Gasteiger partial charge is 0.114 e. The second kappa shape index (κ2) is 5.74. The van der Waals surface area contributed by atoms with Crippen LogP contribution < -0.4 is 0 Å². The number of allylic oxidation sites excluding steroid dienone is 1. The SMILES string of the molecule is C=C(C)CCCN1C(=S)c2ccccc2C(C)(C)C1=S. The van der Waals surface area contributed by atoms with Gasteiger partial charge in [0.25, 0.3) is 0 Å². The predicted octanol–water partition coefficient (Wildman–Crippen LogP) is 4.64. The largest absolute Gasteiger partial charge is 0.326 e. The third-order valence-electron chi connectivity index (χ3n) is 3.84. The molecule has 0 aliphatic carbocycles. The highest BCUT2D eigenvalue weighted by Crippen LogP contribution is 2.35. The molecular weight excluding hydrogens is 282 g/mol. The minimum Gasteiger partial charge on any atom is -0.326 e. The first-order valence-electron chi connectivity index (χ1n) is 6.96. The average Bonchev–Trinajstić information content (AvgIpc) is 2.40. The van der Waals surface area contributed by atoms with Crippen molar-refractivity contribution in [2.45, 2.75) is 39.0 Å². The molecule has 0 atom stereocenters. The first-order chi connectivity index (χ1) is 9.35. The lowest BCUT2D eigenvalue weighted by molar-refractivity contribution is 0.525. The van der Waals surface area contributed by atoms with Crippen molar-refractivity contribution in [3.63, 3.8) is 0 Å². The van der Waals surface area contributed by atoms with Crippen LogP contribution >= 0.6 is 24.4 Å². The first kappa shape index (κ1) is 15.3. The van der Waals surface area contributed by atoms with Crippen molar-refractivity contribution in [1.29, 1.82) is 0 Å². The van der Waals surface area contributed by atoms with E-state index in [1.165, 1.54) is 11.1 Å². The van der Waals surface area contributed by atoms with E-state index in [0.717, 1.165) is 34.9 Å². The fraction of sp³-hybridized carbons (Fsp3) is 0.412. The molecule has 3 heteroatoms. The van der Waals surface area contributed by atoms with E-state index < -0.39 is 0 Å². The van der Waals surface area contributed by atoms with Gasteiger partial charge in [-0.1, -0.05) is 54.3 Å². The number of benzene rings is 1. The number of rotatable bonds is 4. The van der Waals surface area contributed by atoms with E-state index in [9.17, 15) is 0 Å². The summed E-state index contributed by atoms with van der Waals surface area (Å²) in [5.74, 6) is 0. The Morgan fingerprint density at radius 1 is 1.25 bits per heavy atom. The van der Waals surface area contributed by atoms with Gasteiger partial charge in [0.1, 0.15) is 4.99 Å². The number of thiocarbonyl (C=S) groups is 2. The molecule has 0 radical (unpaired) electrons. The van der Waals surface area contributed by atoms with E-state index in [2.05, 4.69) is 50.4 Å². The minimum atomic E-state index is -0.141. The molecule has 106 valence electrons. The van der Waals surface area contributed by atoms with Crippen LogP contribution in [0, 0.1) is 0 Å². The van der Waals surface area contributed by atoms with Crippen LogP contribution in [0.4, 0.5) is 0 Å². The topological polar surface area (TPSA) is 3.24 Å². The molecule has 2 rings (SSSR count). The molecular formula is C17H21NS2. The highest BCUT2D eigenvalue weighted by molar-refractivity contribution is 7.82. The summed E-state index contributed by atoms with van der Waals surface area (Å²) in [4.78, 5) is 3.94. The predicted molar refractivity (Wildman–Crippen MR) is 94.5 cm³/mol. The summed E-state index contributed by atoms with van der Waals surface area (Å²) in [6.45, 7) is 11.3. The minimum absolute atomic E-state index is 0.141. The molecule has 1 aliphatic heterocycles. The zero-order valence-corrected chi connectivity index (χ0v) is 14.0. The maximum atomic E-state index is 5.71. The molecule has 1 heterocycles. The fourth-order valence-corrected chi connectivity index (χ4v) is 3.36. The Hall–Kier alpha value is -1.06. The number of hydrogen-bond acceptors (Lipinski definition) is 2. The Morgan fingerprint density at radius 3 is 2.55 bits per heavy atom. The van der Waals surface area contributed by atoms with Gasteiger partial charge in [-0.05, 0) is 39.2 Å². The van der Waals surface area contributed by atoms with Crippen molar-refractivity contribution in [1.82, 2.24) is 4.90 Å². The molecule has 1 nitrogen and oxygen atoms in total. The van der Waals surface area contributed by atoms with E-state index in [0.29, 0.717) is 0 Å². The van der Waals surface area contributed by atoms with Crippen molar-refractivity contribution in [3.05, 3.63) is 47.5 Å². The molecule has 20 heavy (non-hydrogen) atoms. The third-order valence-corrected chi connectivity index (χ3v) is 5.01. The van der Waals surface area contributed by atoms with Crippen LogP contribution in [0.3, 0.4) is 0 Å². The highest BCUT2D eigenvalue weighted by Gasteiger charge is 2.38. The summed E-state index contributed by atoms with van der Waals surface area (Å²) < 4.78 is 0. The monoisotopic (exact) mass is 303 g/mol. The van der Waals surface area contributed by atoms with Gasteiger partial charge in [-0.3, -0.25) is 0 Å². The lowest BCUT2D eigenvalue weighted by atomic mass is 9.78. The Balaban J connectivity index is 2.31. The quantitative estimate of drug-likeness (QED) is 0.589. The van der Waals surface area contributed by atoms with Crippen LogP contribution in [0.15, 0.2) is 36.4 Å². The van der Waals surface area contributed by atoms with Gasteiger partial charge in [0.05, 0.1) is 4.99 Å². The molecule has 0 fully saturated rings. The Labute approximate surface area is 132 Å². The highest BCUT2D eigenvalue weighted by atomic mass is 32.1. The van der Waals surface area contributed by atoms with Crippen LogP contribution in [0.1, 0.15) is 44.7 Å². The fourth-order valence-electron chi connectivity index (χ4n) is 2.65. The Kier molecular flexibility index (Phi) is 4.40. The molecule has 0 unspecified atom stereocenters. The van der Waals surface area contributed by atoms with Gasteiger partial charge in [0.15, 0.2) is 0 Å². The molecule has 1 aromatic carbocycles. The van der Waals surface area contributed by atoms with E-state index >= 15 is 0 Å². The Morgan fingerprint density at radius 2 is 1.90 bits per heavy atom. The van der Waals surface area contributed by atoms with E-state index in [1.54, 1.807) is 0 Å². The molecule has 0 aromatic heterocycles. The van der Waals surface area contributed by atoms with Crippen molar-refractivity contribution in [2.75, 3.05) is 6.54 Å². The normalized spacial score (nSPS) is 17.1. The molecule has 0 N–H and O–H groups in total. The van der Waals surface area contributed by atoms with Crippen molar-refractivity contribution < 1.29 is 0 Å². The molecule has 0 saturated carbocycles. The zero-order chi connectivity index (χ0) is 14.9. The Bertz CT molecular complexity index is 572. The van der Waals surface area contributed by atoms with Crippen LogP contribution in [-0.2, 0) is 5.41 Å². The molecule has 0 saturated heterocycles. The van der Waals surface area contributed by atoms with Gasteiger partial charge in [0.2, 0.25) is 0 Å². The van der Waals surface area contributed by atoms with E-state index in [4.69, 9.17) is 24.4 Å². The summed E-state index contributed by atoms with van der Waals surface area (Å²) >= 11 is 11.4. The molecule has 0 bridgehead atoms. The van der Waals surface area contributed by atoms with Crippen LogP contribution in [0.25, 0.3) is 0 Å². The number of hydrogen-bond donors (Lipinski definition) is 0. The lowest BCUT2D eigenvalue weighted by Crippen LogP contribution is -2.50. The van der Waals surface area contributed by atoms with Gasteiger partial charge >= 0.3 is 0 Å². The number of fused-ring (bicyclic) bond motifs is 1. The molecule has 1 aromatic rings. The van der Waals surface area contributed by atoms with Gasteiger partial charge in [-0.2, -0.15) is 0 Å². The van der Waals surface area contributed by atoms with Gasteiger partial charge in [-0.15, -0.1) is 6.58 Å². The third kappa shape index (κ3) is 2.70. The zero-order valence-electron chi connectivity index (χ0n) is 12.4. The summed E-state index contributed by atoms with van der Waals surface area (Å²) in [6, 6.07) is 8.34. The number of nitrogens with zero attached hydrogens (tertiary/aromatic N) is 1. The maximum absolute atomic E-state index is 5.71. The summed E-state index contributed by atoms with van der Waals surface area (Å²) in [5.41, 5.74) is 3.46. The second-order valence-corrected chi connectivity index (χ2v) is 6.77. The first-order valence-corrected chi connectivity index (χ1v) is 7.77. The van der Waals surface area contributed by atoms with Crippen molar-refractivity contribution in [2.24, 2.45) is 0 Å². The summed E-state index contributed by atoms with van der Waals surface area (Å²) in [7, 11) is 0. The molecule has 1 aliphatic rings. The van der Waals surface area contributed by atoms with E-state index in [-0.39, 0.29) is 5.41 Å². The molecule has 0 amide bonds. The van der Waals surface area contributed by atoms with Crippen molar-refractivity contribution in [3.8, 4) is 0 Å². The van der Waals surface area contributed by atoms with Crippen LogP contribution in [0.5, 0.6) is 0 Å². The van der Waals surface area contributed by atoms with Crippen LogP contribution in [-0.4, -0.2) is 21.4 Å². The van der Waals surface area contributed by atoms with Gasteiger partial charge < -0.3 is 4.90 Å². The lowest BCUT2D eigenvalue weighted by Gasteiger charge is -2.42. The van der Waals surface area contributed by atoms with Crippen molar-refractivity contribution >= 4 is 34.4 Å². The summed E-state index contributed by atoms with van der Waals surface area (Å²) in [6.07, 6.45) is 2.05. The van der Waals surface area contributed by atoms with Crippen LogP contribution in [0.2, 0.25) is 0 Å².